The Bertz CT molecular complexity index is 835. The molecule has 0 saturated carbocycles. The summed E-state index contributed by atoms with van der Waals surface area (Å²) in [5.74, 6) is 0. The third-order valence-electron chi connectivity index (χ3n) is 9.19. The van der Waals surface area contributed by atoms with Gasteiger partial charge in [-0.25, -0.2) is 0 Å². The summed E-state index contributed by atoms with van der Waals surface area (Å²) in [6, 6.07) is 0. The quantitative estimate of drug-likeness (QED) is 0.0353. The molecule has 0 rings (SSSR count). The Morgan fingerprint density at radius 3 is 0.818 bits per heavy atom. The first-order valence-electron chi connectivity index (χ1n) is 24.1. The Morgan fingerprint density at radius 1 is 0.255 bits per heavy atom. The van der Waals surface area contributed by atoms with E-state index in [9.17, 15) is 4.79 Å². The van der Waals surface area contributed by atoms with Gasteiger partial charge in [-0.2, -0.15) is 0 Å². The first kappa shape index (κ1) is 59.5. The molecule has 55 heavy (non-hydrogen) atoms. The van der Waals surface area contributed by atoms with Crippen LogP contribution >= 0.6 is 0 Å². The lowest BCUT2D eigenvalue weighted by Gasteiger charge is -1.97. The zero-order chi connectivity index (χ0) is 41.2. The third-order valence-corrected chi connectivity index (χ3v) is 9.19. The molecule has 0 unspecified atom stereocenters. The van der Waals surface area contributed by atoms with Gasteiger partial charge in [0.1, 0.15) is 6.29 Å². The average Bonchev–Trinajstić information content (AvgIpc) is 3.20. The first-order valence-corrected chi connectivity index (χ1v) is 24.1. The molecule has 1 nitrogen and oxygen atoms in total. The van der Waals surface area contributed by atoms with Crippen molar-refractivity contribution in [2.24, 2.45) is 0 Å². The minimum absolute atomic E-state index is 0.741. The number of carbonyl (C=O) groups is 1. The summed E-state index contributed by atoms with van der Waals surface area (Å²) in [5, 5.41) is 0. The second-order valence-electron chi connectivity index (χ2n) is 14.9. The van der Waals surface area contributed by atoms with E-state index in [1.54, 1.807) is 0 Å². The maximum atomic E-state index is 10.1. The Balaban J connectivity index is -0.000000326. The fourth-order valence-corrected chi connectivity index (χ4v) is 5.52. The Morgan fingerprint density at radius 2 is 0.491 bits per heavy atom. The van der Waals surface area contributed by atoms with Crippen LogP contribution in [-0.4, -0.2) is 6.29 Å². The molecule has 322 valence electrons. The summed E-state index contributed by atoms with van der Waals surface area (Å²) in [7, 11) is 0. The number of allylic oxidation sites excluding steroid dienone is 14. The van der Waals surface area contributed by atoms with Crippen molar-refractivity contribution >= 4 is 6.29 Å². The van der Waals surface area contributed by atoms with Gasteiger partial charge in [-0.15, -0.1) is 0 Å². The van der Waals surface area contributed by atoms with Crippen molar-refractivity contribution in [1.29, 1.82) is 0 Å². The van der Waals surface area contributed by atoms with Crippen molar-refractivity contribution in [3.8, 4) is 0 Å². The molecule has 0 aromatic carbocycles. The van der Waals surface area contributed by atoms with Crippen LogP contribution in [0.1, 0.15) is 254 Å². The van der Waals surface area contributed by atoms with Gasteiger partial charge >= 0.3 is 0 Å². The van der Waals surface area contributed by atoms with Crippen LogP contribution in [0.4, 0.5) is 0 Å². The number of hydrogen-bond donors (Lipinski definition) is 0. The van der Waals surface area contributed by atoms with Crippen LogP contribution in [0.15, 0.2) is 85.1 Å². The third kappa shape index (κ3) is 77.2. The van der Waals surface area contributed by atoms with Crippen molar-refractivity contribution in [1.82, 2.24) is 0 Å². The Kier molecular flexibility index (Phi) is 72.2. The highest BCUT2D eigenvalue weighted by atomic mass is 16.1. The minimum atomic E-state index is 0.741. The highest BCUT2D eigenvalue weighted by molar-refractivity contribution is 5.48. The second kappa shape index (κ2) is 66.7. The van der Waals surface area contributed by atoms with E-state index in [1.165, 1.54) is 173 Å². The summed E-state index contributed by atoms with van der Waals surface area (Å²) in [6.45, 7) is 15.4. The lowest BCUT2D eigenvalue weighted by molar-refractivity contribution is -0.107. The van der Waals surface area contributed by atoms with Gasteiger partial charge in [0.25, 0.3) is 0 Å². The molecule has 0 amide bonds. The summed E-state index contributed by atoms with van der Waals surface area (Å²) in [5.41, 5.74) is 0. The number of carbonyl (C=O) groups excluding carboxylic acids is 1. The molecule has 0 aliphatic rings. The molecule has 0 aliphatic carbocycles. The van der Waals surface area contributed by atoms with Gasteiger partial charge in [0, 0.05) is 6.42 Å². The zero-order valence-corrected chi connectivity index (χ0v) is 38.7. The Hall–Kier alpha value is -2.15. The predicted octanol–water partition coefficient (Wildman–Crippen LogP) is 19.7. The normalized spacial score (nSPS) is 11.6. The summed E-state index contributed by atoms with van der Waals surface area (Å²) < 4.78 is 0. The molecule has 0 aromatic rings. The lowest BCUT2D eigenvalue weighted by Crippen LogP contribution is -1.80. The molecule has 0 aromatic heterocycles. The topological polar surface area (TPSA) is 17.1 Å². The van der Waals surface area contributed by atoms with Gasteiger partial charge in [0.2, 0.25) is 0 Å². The van der Waals surface area contributed by atoms with Gasteiger partial charge in [0.15, 0.2) is 0 Å². The molecule has 0 saturated heterocycles. The summed E-state index contributed by atoms with van der Waals surface area (Å²) in [6.07, 6.45) is 73.5. The van der Waals surface area contributed by atoms with E-state index in [0.29, 0.717) is 0 Å². The van der Waals surface area contributed by atoms with E-state index >= 15 is 0 Å². The molecule has 0 fully saturated rings. The van der Waals surface area contributed by atoms with Crippen molar-refractivity contribution in [3.63, 3.8) is 0 Å². The maximum absolute atomic E-state index is 10.1. The molecular formula is C54H100O. The second-order valence-corrected chi connectivity index (χ2v) is 14.9. The monoisotopic (exact) mass is 765 g/mol. The zero-order valence-electron chi connectivity index (χ0n) is 38.7. The maximum Gasteiger partial charge on any atom is 0.119 e. The van der Waals surface area contributed by atoms with E-state index in [-0.39, 0.29) is 0 Å². The number of aldehydes is 1. The molecule has 0 N–H and O–H groups in total. The van der Waals surface area contributed by atoms with Crippen LogP contribution < -0.4 is 0 Å². The van der Waals surface area contributed by atoms with Gasteiger partial charge in [-0.05, 0) is 110 Å². The van der Waals surface area contributed by atoms with Crippen LogP contribution in [-0.2, 0) is 4.79 Å². The van der Waals surface area contributed by atoms with E-state index in [1.807, 2.05) is 0 Å². The van der Waals surface area contributed by atoms with Crippen molar-refractivity contribution < 1.29 is 4.79 Å². The van der Waals surface area contributed by atoms with Crippen molar-refractivity contribution in [2.75, 3.05) is 0 Å². The molecule has 0 radical (unpaired) electrons. The van der Waals surface area contributed by atoms with E-state index in [0.717, 1.165) is 38.4 Å². The molecule has 0 atom stereocenters. The van der Waals surface area contributed by atoms with Gasteiger partial charge < -0.3 is 4.79 Å². The number of rotatable bonds is 36. The van der Waals surface area contributed by atoms with E-state index in [4.69, 9.17) is 0 Å². The van der Waals surface area contributed by atoms with E-state index in [2.05, 4.69) is 134 Å². The SMILES string of the molecule is C/C=C/C/C=C/CCCC.C/C=C/C/C=C\CCCCC.CCCCC/C=C/C/C=C/CCCCCCCC=O.CCCCC/C=C/CCCCCCCC. The van der Waals surface area contributed by atoms with Crippen LogP contribution in [0.5, 0.6) is 0 Å². The highest BCUT2D eigenvalue weighted by Gasteiger charge is 1.90. The largest absolute Gasteiger partial charge is 0.303 e. The average molecular weight is 765 g/mol. The van der Waals surface area contributed by atoms with Crippen molar-refractivity contribution in [3.05, 3.63) is 85.1 Å². The van der Waals surface area contributed by atoms with Crippen LogP contribution in [0, 0.1) is 0 Å². The molecule has 0 heterocycles. The lowest BCUT2D eigenvalue weighted by atomic mass is 10.1. The van der Waals surface area contributed by atoms with Crippen LogP contribution in [0.3, 0.4) is 0 Å². The highest BCUT2D eigenvalue weighted by Crippen LogP contribution is 2.09. The van der Waals surface area contributed by atoms with Crippen LogP contribution in [0.25, 0.3) is 0 Å². The smallest absolute Gasteiger partial charge is 0.119 e. The Labute approximate surface area is 348 Å². The molecular weight excluding hydrogens is 665 g/mol. The predicted molar refractivity (Wildman–Crippen MR) is 258 cm³/mol. The summed E-state index contributed by atoms with van der Waals surface area (Å²) >= 11 is 0. The fourth-order valence-electron chi connectivity index (χ4n) is 5.52. The standard InChI is InChI=1S/C18H32O.C15H30.C11H20.C10H18/c1-2-3-4-5-6-7-8-9-10-11-12-13-14-15-16-17-18-19;1-3-5-7-9-11-13-15-14-12-10-8-6-4-2;1-3-5-7-9-11-10-8-6-4-2;1-3-5-7-9-10-8-6-4-2/h6-7,9-10,18H,2-5,8,11-17H2,1H3;11,13H,3-10,12,14-15H2,1-2H3;3,5,9,11H,4,6-8,10H2,1-2H3;3,5,9-10H,4,6-8H2,1-2H3/b7-6+,10-9+;13-11+;5-3+,11-9-;5-3+,10-9+. The van der Waals surface area contributed by atoms with Crippen LogP contribution in [0.2, 0.25) is 0 Å². The molecule has 0 spiro atoms. The molecule has 1 heteroatoms. The fraction of sp³-hybridized carbons (Fsp3) is 0.722. The number of hydrogen-bond acceptors (Lipinski definition) is 1. The molecule has 0 aliphatic heterocycles. The van der Waals surface area contributed by atoms with Gasteiger partial charge in [-0.3, -0.25) is 0 Å². The minimum Gasteiger partial charge on any atom is -0.303 e. The van der Waals surface area contributed by atoms with Gasteiger partial charge in [0.05, 0.1) is 0 Å². The number of unbranched alkanes of at least 4 members (excludes halogenated alkanes) is 23. The summed E-state index contributed by atoms with van der Waals surface area (Å²) in [4.78, 5) is 10.1. The van der Waals surface area contributed by atoms with Gasteiger partial charge in [-0.1, -0.05) is 222 Å². The molecule has 0 bridgehead atoms. The van der Waals surface area contributed by atoms with Crippen molar-refractivity contribution in [2.45, 2.75) is 254 Å². The van der Waals surface area contributed by atoms with E-state index < -0.39 is 0 Å². The first-order chi connectivity index (χ1) is 27.2.